The molecule has 0 unspecified atom stereocenters. The van der Waals surface area contributed by atoms with Crippen LogP contribution in [0, 0.1) is 0 Å². The number of fused-ring (bicyclic) bond motifs is 1. The highest BCUT2D eigenvalue weighted by molar-refractivity contribution is 7.19. The van der Waals surface area contributed by atoms with Crippen LogP contribution < -0.4 is 0 Å². The van der Waals surface area contributed by atoms with Crippen molar-refractivity contribution in [3.63, 3.8) is 0 Å². The van der Waals surface area contributed by atoms with Gasteiger partial charge in [0.15, 0.2) is 6.39 Å². The number of rotatable bonds is 4. The summed E-state index contributed by atoms with van der Waals surface area (Å²) in [6, 6.07) is 7.71. The fourth-order valence-corrected chi connectivity index (χ4v) is 2.81. The molecule has 1 N–H and O–H groups in total. The monoisotopic (exact) mass is 286 g/mol. The molecule has 0 bridgehead atoms. The zero-order chi connectivity index (χ0) is 13.9. The van der Waals surface area contributed by atoms with Crippen LogP contribution in [0.4, 0.5) is 0 Å². The fraction of sp³-hybridized carbons (Fsp3) is 0.0714. The van der Waals surface area contributed by atoms with Gasteiger partial charge in [0.05, 0.1) is 16.6 Å². The Hall–Kier alpha value is -2.47. The first-order chi connectivity index (χ1) is 9.72. The molecular weight excluding hydrogens is 276 g/mol. The van der Waals surface area contributed by atoms with E-state index in [0.29, 0.717) is 16.3 Å². The molecule has 3 rings (SSSR count). The smallest absolute Gasteiger partial charge is 0.307 e. The lowest BCUT2D eigenvalue weighted by atomic mass is 10.1. The number of carboxylic acids is 1. The summed E-state index contributed by atoms with van der Waals surface area (Å²) in [4.78, 5) is 19.5. The van der Waals surface area contributed by atoms with Gasteiger partial charge in [0.25, 0.3) is 0 Å². The molecule has 6 heteroatoms. The maximum Gasteiger partial charge on any atom is 0.307 e. The molecule has 0 aliphatic rings. The van der Waals surface area contributed by atoms with Crippen LogP contribution in [0.15, 0.2) is 41.3 Å². The topological polar surface area (TPSA) is 76.2 Å². The number of aliphatic carboxylic acids is 1. The van der Waals surface area contributed by atoms with Crippen LogP contribution >= 0.6 is 11.3 Å². The van der Waals surface area contributed by atoms with Crippen molar-refractivity contribution in [1.82, 2.24) is 9.97 Å². The zero-order valence-electron chi connectivity index (χ0n) is 10.3. The molecule has 0 atom stereocenters. The van der Waals surface area contributed by atoms with Crippen LogP contribution in [0.2, 0.25) is 0 Å². The Morgan fingerprint density at radius 1 is 1.40 bits per heavy atom. The van der Waals surface area contributed by atoms with Crippen LogP contribution in [0.3, 0.4) is 0 Å². The molecule has 0 aliphatic carbocycles. The Labute approximate surface area is 118 Å². The Kier molecular flexibility index (Phi) is 3.30. The van der Waals surface area contributed by atoms with Crippen molar-refractivity contribution in [1.29, 1.82) is 0 Å². The van der Waals surface area contributed by atoms with E-state index in [9.17, 15) is 4.79 Å². The molecule has 3 aromatic rings. The first-order valence-electron chi connectivity index (χ1n) is 5.89. The van der Waals surface area contributed by atoms with E-state index >= 15 is 0 Å². The molecule has 1 aromatic carbocycles. The van der Waals surface area contributed by atoms with Crippen LogP contribution in [-0.4, -0.2) is 21.0 Å². The van der Waals surface area contributed by atoms with Gasteiger partial charge in [-0.3, -0.25) is 4.79 Å². The molecule has 0 aliphatic heterocycles. The van der Waals surface area contributed by atoms with E-state index in [-0.39, 0.29) is 6.42 Å². The number of thiazole rings is 1. The van der Waals surface area contributed by atoms with E-state index < -0.39 is 5.97 Å². The Morgan fingerprint density at radius 3 is 2.95 bits per heavy atom. The molecular formula is C14H10N2O3S. The largest absolute Gasteiger partial charge is 0.481 e. The van der Waals surface area contributed by atoms with Crippen molar-refractivity contribution in [2.24, 2.45) is 0 Å². The first kappa shape index (κ1) is 12.6. The van der Waals surface area contributed by atoms with Gasteiger partial charge in [-0.25, -0.2) is 9.97 Å². The molecule has 2 heterocycles. The number of benzene rings is 1. The first-order valence-corrected chi connectivity index (χ1v) is 6.70. The van der Waals surface area contributed by atoms with E-state index in [0.717, 1.165) is 10.2 Å². The van der Waals surface area contributed by atoms with Crippen LogP contribution in [0.1, 0.15) is 17.1 Å². The quantitative estimate of drug-likeness (QED) is 0.796. The number of hydrogen-bond donors (Lipinski definition) is 1. The molecule has 0 saturated carbocycles. The highest BCUT2D eigenvalue weighted by atomic mass is 32.1. The number of para-hydroxylation sites is 1. The van der Waals surface area contributed by atoms with Crippen LogP contribution in [-0.2, 0) is 4.79 Å². The second kappa shape index (κ2) is 5.26. The zero-order valence-corrected chi connectivity index (χ0v) is 11.1. The SMILES string of the molecule is O=C(O)C/C(=C/c1cocn1)c1nc2ccccc2s1. The van der Waals surface area contributed by atoms with E-state index in [4.69, 9.17) is 9.52 Å². The lowest BCUT2D eigenvalue weighted by molar-refractivity contribution is -0.135. The lowest BCUT2D eigenvalue weighted by Crippen LogP contribution is -1.96. The Morgan fingerprint density at radius 2 is 2.25 bits per heavy atom. The van der Waals surface area contributed by atoms with E-state index in [1.807, 2.05) is 24.3 Å². The van der Waals surface area contributed by atoms with Gasteiger partial charge in [-0.2, -0.15) is 0 Å². The predicted molar refractivity (Wildman–Crippen MR) is 76.2 cm³/mol. The van der Waals surface area contributed by atoms with Gasteiger partial charge in [-0.1, -0.05) is 12.1 Å². The summed E-state index contributed by atoms with van der Waals surface area (Å²) >= 11 is 1.47. The molecule has 0 radical (unpaired) electrons. The average Bonchev–Trinajstić information content (AvgIpc) is 3.05. The highest BCUT2D eigenvalue weighted by Gasteiger charge is 2.13. The number of hydrogen-bond acceptors (Lipinski definition) is 5. The Bertz CT molecular complexity index is 742. The van der Waals surface area contributed by atoms with Gasteiger partial charge in [0.1, 0.15) is 17.0 Å². The number of carboxylic acid groups (broad SMARTS) is 1. The highest BCUT2D eigenvalue weighted by Crippen LogP contribution is 2.29. The molecule has 0 spiro atoms. The summed E-state index contributed by atoms with van der Waals surface area (Å²) in [7, 11) is 0. The van der Waals surface area contributed by atoms with Crippen LogP contribution in [0.5, 0.6) is 0 Å². The summed E-state index contributed by atoms with van der Waals surface area (Å²) in [5.74, 6) is -0.904. The summed E-state index contributed by atoms with van der Waals surface area (Å²) in [5.41, 5.74) is 2.07. The van der Waals surface area contributed by atoms with Crippen LogP contribution in [0.25, 0.3) is 21.9 Å². The molecule has 20 heavy (non-hydrogen) atoms. The number of carbonyl (C=O) groups is 1. The maximum absolute atomic E-state index is 11.0. The van der Waals surface area contributed by atoms with Crippen molar-refractivity contribution < 1.29 is 14.3 Å². The minimum absolute atomic E-state index is 0.104. The third kappa shape index (κ3) is 2.60. The standard InChI is InChI=1S/C14H10N2O3S/c17-13(18)6-9(5-10-7-19-8-15-10)14-16-11-3-1-2-4-12(11)20-14/h1-5,7-8H,6H2,(H,17,18)/b9-5-. The number of nitrogens with zero attached hydrogens (tertiary/aromatic N) is 2. The molecule has 100 valence electrons. The fourth-order valence-electron chi connectivity index (χ4n) is 1.83. The molecule has 5 nitrogen and oxygen atoms in total. The summed E-state index contributed by atoms with van der Waals surface area (Å²) in [6.07, 6.45) is 4.36. The summed E-state index contributed by atoms with van der Waals surface area (Å²) in [5, 5.41) is 9.73. The predicted octanol–water partition coefficient (Wildman–Crippen LogP) is 3.30. The number of aromatic nitrogens is 2. The van der Waals surface area contributed by atoms with Gasteiger partial charge in [0, 0.05) is 5.57 Å². The van der Waals surface area contributed by atoms with Gasteiger partial charge in [-0.05, 0) is 18.2 Å². The van der Waals surface area contributed by atoms with E-state index in [2.05, 4.69) is 9.97 Å². The van der Waals surface area contributed by atoms with Gasteiger partial charge in [0.2, 0.25) is 0 Å². The van der Waals surface area contributed by atoms with Crippen molar-refractivity contribution in [3.8, 4) is 0 Å². The molecule has 0 amide bonds. The minimum Gasteiger partial charge on any atom is -0.481 e. The third-order valence-corrected chi connectivity index (χ3v) is 3.80. The third-order valence-electron chi connectivity index (χ3n) is 2.68. The average molecular weight is 286 g/mol. The van der Waals surface area contributed by atoms with Crippen molar-refractivity contribution in [2.75, 3.05) is 0 Å². The molecule has 0 fully saturated rings. The van der Waals surface area contributed by atoms with E-state index in [1.165, 1.54) is 24.0 Å². The van der Waals surface area contributed by atoms with Gasteiger partial charge < -0.3 is 9.52 Å². The summed E-state index contributed by atoms with van der Waals surface area (Å²) in [6.45, 7) is 0. The molecule has 0 saturated heterocycles. The number of oxazole rings is 1. The van der Waals surface area contributed by atoms with Crippen molar-refractivity contribution >= 4 is 39.2 Å². The normalized spacial score (nSPS) is 11.9. The maximum atomic E-state index is 11.0. The van der Waals surface area contributed by atoms with Gasteiger partial charge >= 0.3 is 5.97 Å². The van der Waals surface area contributed by atoms with Crippen molar-refractivity contribution in [2.45, 2.75) is 6.42 Å². The second-order valence-corrected chi connectivity index (χ2v) is 5.17. The molecule has 2 aromatic heterocycles. The van der Waals surface area contributed by atoms with E-state index in [1.54, 1.807) is 6.08 Å². The Balaban J connectivity index is 2.06. The summed E-state index contributed by atoms with van der Waals surface area (Å²) < 4.78 is 5.92. The minimum atomic E-state index is -0.904. The van der Waals surface area contributed by atoms with Crippen molar-refractivity contribution in [3.05, 3.63) is 47.6 Å². The van der Waals surface area contributed by atoms with Gasteiger partial charge in [-0.15, -0.1) is 11.3 Å². The second-order valence-electron chi connectivity index (χ2n) is 4.14. The lowest BCUT2D eigenvalue weighted by Gasteiger charge is -1.99.